The summed E-state index contributed by atoms with van der Waals surface area (Å²) in [6, 6.07) is 0. The first-order valence-corrected chi connectivity index (χ1v) is 11.4. The Balaban J connectivity index is 1.66. The van der Waals surface area contributed by atoms with Gasteiger partial charge in [0.2, 0.25) is 0 Å². The standard InChI is InChI=1S/C24H36O6/c1-14(25)30-15-6-9-22(3)18-7-10-21(2)17(8-11-23(21,4)20(27)29-5)16(18)12-19(26)24(22,28)13-15/h15-18,28H,6-13H2,1-5H3/t15-,16-,17-,18-,21-,22+,23+,24-/m0/s1. The van der Waals surface area contributed by atoms with Crippen LogP contribution in [-0.2, 0) is 23.9 Å². The van der Waals surface area contributed by atoms with Gasteiger partial charge in [-0.1, -0.05) is 13.8 Å². The van der Waals surface area contributed by atoms with E-state index in [0.29, 0.717) is 19.3 Å². The van der Waals surface area contributed by atoms with E-state index in [0.717, 1.165) is 25.7 Å². The van der Waals surface area contributed by atoms with Crippen molar-refractivity contribution >= 4 is 17.7 Å². The number of hydrogen-bond acceptors (Lipinski definition) is 6. The molecule has 1 N–H and O–H groups in total. The molecule has 0 amide bonds. The molecule has 0 bridgehead atoms. The summed E-state index contributed by atoms with van der Waals surface area (Å²) in [6.45, 7) is 7.69. The number of carbonyl (C=O) groups is 3. The molecule has 0 unspecified atom stereocenters. The number of carbonyl (C=O) groups excluding carboxylic acids is 3. The number of hydrogen-bond donors (Lipinski definition) is 1. The van der Waals surface area contributed by atoms with Crippen molar-refractivity contribution in [2.24, 2.45) is 34.0 Å². The van der Waals surface area contributed by atoms with E-state index in [1.807, 2.05) is 6.92 Å². The van der Waals surface area contributed by atoms with Gasteiger partial charge in [0.05, 0.1) is 12.5 Å². The number of aliphatic hydroxyl groups is 1. The molecule has 0 heterocycles. The second-order valence-electron chi connectivity index (χ2n) is 11.1. The highest BCUT2D eigenvalue weighted by Gasteiger charge is 2.70. The minimum atomic E-state index is -1.44. The number of rotatable bonds is 2. The minimum Gasteiger partial charge on any atom is -0.469 e. The van der Waals surface area contributed by atoms with Crippen molar-refractivity contribution in [3.8, 4) is 0 Å². The highest BCUT2D eigenvalue weighted by Crippen LogP contribution is 2.70. The Morgan fingerprint density at radius 3 is 2.23 bits per heavy atom. The molecule has 0 saturated heterocycles. The van der Waals surface area contributed by atoms with Gasteiger partial charge in [-0.3, -0.25) is 14.4 Å². The van der Waals surface area contributed by atoms with Crippen LogP contribution in [0.5, 0.6) is 0 Å². The first-order chi connectivity index (χ1) is 13.9. The molecule has 6 nitrogen and oxygen atoms in total. The minimum absolute atomic E-state index is 0.112. The number of esters is 2. The van der Waals surface area contributed by atoms with Gasteiger partial charge in [-0.25, -0.2) is 0 Å². The zero-order valence-electron chi connectivity index (χ0n) is 19.0. The second kappa shape index (κ2) is 6.78. The Labute approximate surface area is 179 Å². The third-order valence-electron chi connectivity index (χ3n) is 10.2. The Bertz CT molecular complexity index is 778. The zero-order chi connectivity index (χ0) is 22.1. The van der Waals surface area contributed by atoms with Gasteiger partial charge in [0.25, 0.3) is 0 Å². The molecule has 8 atom stereocenters. The van der Waals surface area contributed by atoms with Crippen molar-refractivity contribution in [1.82, 2.24) is 0 Å². The number of fused-ring (bicyclic) bond motifs is 5. The monoisotopic (exact) mass is 420 g/mol. The maximum atomic E-state index is 13.4. The fourth-order valence-corrected chi connectivity index (χ4v) is 8.17. The maximum absolute atomic E-state index is 13.4. The van der Waals surface area contributed by atoms with Crippen molar-refractivity contribution in [3.05, 3.63) is 0 Å². The van der Waals surface area contributed by atoms with Crippen molar-refractivity contribution in [2.75, 3.05) is 7.11 Å². The lowest BCUT2D eigenvalue weighted by Gasteiger charge is -2.63. The first-order valence-electron chi connectivity index (χ1n) is 11.4. The molecule has 6 heteroatoms. The van der Waals surface area contributed by atoms with Crippen molar-refractivity contribution in [3.63, 3.8) is 0 Å². The first kappa shape index (κ1) is 21.8. The zero-order valence-corrected chi connectivity index (χ0v) is 19.0. The molecule has 0 aliphatic heterocycles. The predicted molar refractivity (Wildman–Crippen MR) is 109 cm³/mol. The predicted octanol–water partition coefficient (Wildman–Crippen LogP) is 3.43. The summed E-state index contributed by atoms with van der Waals surface area (Å²) in [4.78, 5) is 37.6. The lowest BCUT2D eigenvalue weighted by Crippen LogP contribution is -2.67. The fraction of sp³-hybridized carbons (Fsp3) is 0.875. The Morgan fingerprint density at radius 2 is 1.60 bits per heavy atom. The highest BCUT2D eigenvalue weighted by molar-refractivity contribution is 5.90. The van der Waals surface area contributed by atoms with Crippen molar-refractivity contribution in [1.29, 1.82) is 0 Å². The molecular formula is C24H36O6. The van der Waals surface area contributed by atoms with Crippen LogP contribution in [0, 0.1) is 34.0 Å². The Morgan fingerprint density at radius 1 is 1.00 bits per heavy atom. The molecule has 0 aromatic rings. The van der Waals surface area contributed by atoms with Crippen LogP contribution in [0.3, 0.4) is 0 Å². The van der Waals surface area contributed by atoms with Gasteiger partial charge in [0, 0.05) is 25.2 Å². The number of ether oxygens (including phenoxy) is 2. The van der Waals surface area contributed by atoms with Crippen LogP contribution < -0.4 is 0 Å². The normalized spacial score (nSPS) is 50.1. The molecule has 0 radical (unpaired) electrons. The van der Waals surface area contributed by atoms with Gasteiger partial charge in [0.1, 0.15) is 11.7 Å². The molecule has 30 heavy (non-hydrogen) atoms. The Kier molecular flexibility index (Phi) is 4.93. The third kappa shape index (κ3) is 2.61. The number of ketones is 1. The molecule has 4 saturated carbocycles. The summed E-state index contributed by atoms with van der Waals surface area (Å²) in [6.07, 6.45) is 5.00. The summed E-state index contributed by atoms with van der Waals surface area (Å²) in [5.41, 5.74) is -2.68. The summed E-state index contributed by atoms with van der Waals surface area (Å²) < 4.78 is 10.6. The largest absolute Gasteiger partial charge is 0.469 e. The molecule has 4 aliphatic rings. The molecule has 4 fully saturated rings. The van der Waals surface area contributed by atoms with Crippen molar-refractivity contribution < 1.29 is 29.0 Å². The maximum Gasteiger partial charge on any atom is 0.312 e. The van der Waals surface area contributed by atoms with Crippen LogP contribution in [0.25, 0.3) is 0 Å². The van der Waals surface area contributed by atoms with Gasteiger partial charge in [-0.15, -0.1) is 0 Å². The lowest BCUT2D eigenvalue weighted by atomic mass is 9.42. The molecule has 0 aromatic heterocycles. The summed E-state index contributed by atoms with van der Waals surface area (Å²) >= 11 is 0. The molecular weight excluding hydrogens is 384 g/mol. The summed E-state index contributed by atoms with van der Waals surface area (Å²) in [5.74, 6) is 0.0678. The fourth-order valence-electron chi connectivity index (χ4n) is 8.17. The van der Waals surface area contributed by atoms with E-state index >= 15 is 0 Å². The SMILES string of the molecule is COC(=O)[C@@]1(C)CC[C@H]2[C@@H]3CC(=O)[C@@]4(O)C[C@@H](OC(C)=O)CC[C@]4(C)[C@H]3CC[C@@]21C. The summed E-state index contributed by atoms with van der Waals surface area (Å²) in [5, 5.41) is 11.7. The second-order valence-corrected chi connectivity index (χ2v) is 11.1. The van der Waals surface area contributed by atoms with Gasteiger partial charge < -0.3 is 14.6 Å². The topological polar surface area (TPSA) is 89.9 Å². The third-order valence-corrected chi connectivity index (χ3v) is 10.2. The van der Waals surface area contributed by atoms with Crippen LogP contribution in [0.4, 0.5) is 0 Å². The summed E-state index contributed by atoms with van der Waals surface area (Å²) in [7, 11) is 1.46. The van der Waals surface area contributed by atoms with E-state index in [9.17, 15) is 19.5 Å². The van der Waals surface area contributed by atoms with Crippen LogP contribution >= 0.6 is 0 Å². The van der Waals surface area contributed by atoms with Gasteiger partial charge in [0.15, 0.2) is 5.78 Å². The molecule has 0 aromatic carbocycles. The highest BCUT2D eigenvalue weighted by atomic mass is 16.5. The van der Waals surface area contributed by atoms with E-state index < -0.39 is 22.5 Å². The Hall–Kier alpha value is -1.43. The van der Waals surface area contributed by atoms with Gasteiger partial charge in [-0.05, 0) is 68.6 Å². The average Bonchev–Trinajstić information content (AvgIpc) is 2.95. The smallest absolute Gasteiger partial charge is 0.312 e. The number of Topliss-reactive ketones (excluding diaryl/α,β-unsaturated/α-hetero) is 1. The quantitative estimate of drug-likeness (QED) is 0.689. The van der Waals surface area contributed by atoms with E-state index in [1.54, 1.807) is 0 Å². The molecule has 168 valence electrons. The van der Waals surface area contributed by atoms with Crippen molar-refractivity contribution in [2.45, 2.75) is 90.8 Å². The lowest BCUT2D eigenvalue weighted by molar-refractivity contribution is -0.219. The molecule has 4 rings (SSSR count). The van der Waals surface area contributed by atoms with Gasteiger partial charge in [-0.2, -0.15) is 0 Å². The van der Waals surface area contributed by atoms with Crippen LogP contribution in [0.2, 0.25) is 0 Å². The van der Waals surface area contributed by atoms with Crippen LogP contribution in [0.1, 0.15) is 79.1 Å². The van der Waals surface area contributed by atoms with Crippen LogP contribution in [0.15, 0.2) is 0 Å². The molecule has 4 aliphatic carbocycles. The molecule has 0 spiro atoms. The average molecular weight is 421 g/mol. The number of methoxy groups -OCH3 is 1. The van der Waals surface area contributed by atoms with E-state index in [4.69, 9.17) is 9.47 Å². The van der Waals surface area contributed by atoms with E-state index in [-0.39, 0.29) is 47.3 Å². The van der Waals surface area contributed by atoms with E-state index in [2.05, 4.69) is 13.8 Å². The van der Waals surface area contributed by atoms with Crippen LogP contribution in [-0.4, -0.2) is 41.6 Å². The van der Waals surface area contributed by atoms with Gasteiger partial charge >= 0.3 is 11.9 Å². The van der Waals surface area contributed by atoms with E-state index in [1.165, 1.54) is 14.0 Å².